The number of anilines is 2. The Hall–Kier alpha value is -3.15. The number of aromatic nitrogens is 2. The van der Waals surface area contributed by atoms with Crippen LogP contribution in [0.5, 0.6) is 0 Å². The van der Waals surface area contributed by atoms with Crippen molar-refractivity contribution in [2.45, 2.75) is 19.3 Å². The molecule has 2 heterocycles. The maximum atomic E-state index is 12.3. The minimum absolute atomic E-state index is 0.123. The van der Waals surface area contributed by atoms with Gasteiger partial charge in [0.1, 0.15) is 0 Å². The first-order chi connectivity index (χ1) is 12.2. The van der Waals surface area contributed by atoms with Gasteiger partial charge in [-0.25, -0.2) is 0 Å². The molecule has 2 amide bonds. The summed E-state index contributed by atoms with van der Waals surface area (Å²) in [5, 5.41) is 10.8. The monoisotopic (exact) mass is 334 g/mol. The van der Waals surface area contributed by atoms with Crippen LogP contribution in [0.4, 0.5) is 11.5 Å². The molecule has 1 aliphatic heterocycles. The summed E-state index contributed by atoms with van der Waals surface area (Å²) in [6.07, 6.45) is 1.76. The first kappa shape index (κ1) is 15.4. The van der Waals surface area contributed by atoms with E-state index in [9.17, 15) is 9.59 Å². The summed E-state index contributed by atoms with van der Waals surface area (Å²) in [5.41, 5.74) is 2.61. The van der Waals surface area contributed by atoms with Crippen LogP contribution >= 0.6 is 0 Å². The summed E-state index contributed by atoms with van der Waals surface area (Å²) in [6.45, 7) is 0.734. The SMILES string of the molecule is O=C(Cc1ccccc1)Nc1n[nH]c2ccc(N3CCCC3=O)cc12. The number of amides is 2. The van der Waals surface area contributed by atoms with E-state index >= 15 is 0 Å². The van der Waals surface area contributed by atoms with Gasteiger partial charge in [0.25, 0.3) is 0 Å². The first-order valence-electron chi connectivity index (χ1n) is 8.33. The van der Waals surface area contributed by atoms with Crippen LogP contribution in [0, 0.1) is 0 Å². The number of carbonyl (C=O) groups excluding carboxylic acids is 2. The molecule has 6 heteroatoms. The number of H-pyrrole nitrogens is 1. The zero-order valence-corrected chi connectivity index (χ0v) is 13.7. The number of rotatable bonds is 4. The van der Waals surface area contributed by atoms with Crippen molar-refractivity contribution in [2.75, 3.05) is 16.8 Å². The van der Waals surface area contributed by atoms with E-state index in [-0.39, 0.29) is 11.8 Å². The minimum Gasteiger partial charge on any atom is -0.312 e. The zero-order chi connectivity index (χ0) is 17.2. The molecule has 0 unspecified atom stereocenters. The number of hydrogen-bond acceptors (Lipinski definition) is 3. The average Bonchev–Trinajstić information content (AvgIpc) is 3.22. The number of nitrogens with one attached hydrogen (secondary N) is 2. The molecule has 0 radical (unpaired) electrons. The summed E-state index contributed by atoms with van der Waals surface area (Å²) < 4.78 is 0. The van der Waals surface area contributed by atoms with Crippen LogP contribution < -0.4 is 10.2 Å². The molecule has 3 aromatic rings. The third-order valence-electron chi connectivity index (χ3n) is 4.40. The van der Waals surface area contributed by atoms with E-state index in [0.717, 1.165) is 35.1 Å². The molecule has 0 saturated carbocycles. The second-order valence-electron chi connectivity index (χ2n) is 6.16. The quantitative estimate of drug-likeness (QED) is 0.770. The third-order valence-corrected chi connectivity index (χ3v) is 4.40. The predicted octanol–water partition coefficient (Wildman–Crippen LogP) is 2.87. The lowest BCUT2D eigenvalue weighted by Gasteiger charge is -2.15. The Kier molecular flexibility index (Phi) is 3.93. The molecule has 1 saturated heterocycles. The fourth-order valence-corrected chi connectivity index (χ4v) is 3.14. The van der Waals surface area contributed by atoms with Gasteiger partial charge < -0.3 is 10.2 Å². The molecule has 1 aromatic heterocycles. The lowest BCUT2D eigenvalue weighted by Crippen LogP contribution is -2.23. The third kappa shape index (κ3) is 3.10. The highest BCUT2D eigenvalue weighted by atomic mass is 16.2. The van der Waals surface area contributed by atoms with E-state index in [1.165, 1.54) is 0 Å². The molecule has 25 heavy (non-hydrogen) atoms. The van der Waals surface area contributed by atoms with Crippen LogP contribution in [-0.4, -0.2) is 28.6 Å². The van der Waals surface area contributed by atoms with Gasteiger partial charge >= 0.3 is 0 Å². The lowest BCUT2D eigenvalue weighted by molar-refractivity contribution is -0.117. The van der Waals surface area contributed by atoms with Gasteiger partial charge in [0.2, 0.25) is 11.8 Å². The highest BCUT2D eigenvalue weighted by Gasteiger charge is 2.22. The summed E-state index contributed by atoms with van der Waals surface area (Å²) in [4.78, 5) is 26.0. The highest BCUT2D eigenvalue weighted by molar-refractivity contribution is 6.03. The number of carbonyl (C=O) groups is 2. The van der Waals surface area contributed by atoms with Gasteiger partial charge in [-0.1, -0.05) is 30.3 Å². The van der Waals surface area contributed by atoms with Crippen LogP contribution in [0.2, 0.25) is 0 Å². The molecule has 2 aromatic carbocycles. The normalized spacial score (nSPS) is 14.2. The van der Waals surface area contributed by atoms with Gasteiger partial charge in [0.05, 0.1) is 11.9 Å². The predicted molar refractivity (Wildman–Crippen MR) is 96.5 cm³/mol. The number of fused-ring (bicyclic) bond motifs is 1. The van der Waals surface area contributed by atoms with Gasteiger partial charge in [-0.3, -0.25) is 14.7 Å². The fraction of sp³-hybridized carbons (Fsp3) is 0.211. The fourth-order valence-electron chi connectivity index (χ4n) is 3.14. The topological polar surface area (TPSA) is 78.1 Å². The average molecular weight is 334 g/mol. The van der Waals surface area contributed by atoms with Crippen molar-refractivity contribution < 1.29 is 9.59 Å². The Bertz CT molecular complexity index is 933. The second kappa shape index (κ2) is 6.39. The lowest BCUT2D eigenvalue weighted by atomic mass is 10.1. The van der Waals surface area contributed by atoms with Crippen molar-refractivity contribution in [3.05, 3.63) is 54.1 Å². The first-order valence-corrected chi connectivity index (χ1v) is 8.33. The van der Waals surface area contributed by atoms with Gasteiger partial charge in [0.15, 0.2) is 5.82 Å². The summed E-state index contributed by atoms with van der Waals surface area (Å²) in [6, 6.07) is 15.3. The largest absolute Gasteiger partial charge is 0.312 e. The van der Waals surface area contributed by atoms with Crippen molar-refractivity contribution in [2.24, 2.45) is 0 Å². The van der Waals surface area contributed by atoms with E-state index in [2.05, 4.69) is 15.5 Å². The molecule has 2 N–H and O–H groups in total. The van der Waals surface area contributed by atoms with Crippen molar-refractivity contribution in [3.8, 4) is 0 Å². The molecule has 0 aliphatic carbocycles. The zero-order valence-electron chi connectivity index (χ0n) is 13.7. The van der Waals surface area contributed by atoms with Crippen LogP contribution in [0.15, 0.2) is 48.5 Å². The number of benzene rings is 2. The molecule has 0 bridgehead atoms. The van der Waals surface area contributed by atoms with Gasteiger partial charge in [0, 0.05) is 24.0 Å². The molecule has 4 rings (SSSR count). The molecule has 1 aliphatic rings. The Morgan fingerprint density at radius 3 is 2.80 bits per heavy atom. The van der Waals surface area contributed by atoms with Gasteiger partial charge in [-0.2, -0.15) is 5.10 Å². The van der Waals surface area contributed by atoms with E-state index in [1.807, 2.05) is 48.5 Å². The molecule has 1 fully saturated rings. The summed E-state index contributed by atoms with van der Waals surface area (Å²) in [7, 11) is 0. The van der Waals surface area contributed by atoms with Crippen molar-refractivity contribution in [1.29, 1.82) is 0 Å². The van der Waals surface area contributed by atoms with Crippen molar-refractivity contribution >= 4 is 34.2 Å². The van der Waals surface area contributed by atoms with Crippen LogP contribution in [0.25, 0.3) is 10.9 Å². The van der Waals surface area contributed by atoms with E-state index in [1.54, 1.807) is 4.90 Å². The van der Waals surface area contributed by atoms with Crippen LogP contribution in [0.3, 0.4) is 0 Å². The molecule has 0 spiro atoms. The van der Waals surface area contributed by atoms with Crippen molar-refractivity contribution in [1.82, 2.24) is 10.2 Å². The number of aromatic amines is 1. The van der Waals surface area contributed by atoms with E-state index in [0.29, 0.717) is 18.7 Å². The number of hydrogen-bond donors (Lipinski definition) is 2. The molecule has 126 valence electrons. The smallest absolute Gasteiger partial charge is 0.230 e. The van der Waals surface area contributed by atoms with E-state index < -0.39 is 0 Å². The van der Waals surface area contributed by atoms with Crippen LogP contribution in [-0.2, 0) is 16.0 Å². The second-order valence-corrected chi connectivity index (χ2v) is 6.16. The maximum Gasteiger partial charge on any atom is 0.230 e. The number of nitrogens with zero attached hydrogens (tertiary/aromatic N) is 2. The standard InChI is InChI=1S/C19H18N4O2/c24-17(11-13-5-2-1-3-6-13)20-19-15-12-14(8-9-16(15)21-22-19)23-10-4-7-18(23)25/h1-3,5-6,8-9,12H,4,7,10-11H2,(H2,20,21,22,24). The van der Waals surface area contributed by atoms with Gasteiger partial charge in [-0.05, 0) is 30.2 Å². The van der Waals surface area contributed by atoms with Crippen LogP contribution in [0.1, 0.15) is 18.4 Å². The molecular formula is C19H18N4O2. The highest BCUT2D eigenvalue weighted by Crippen LogP contribution is 2.28. The summed E-state index contributed by atoms with van der Waals surface area (Å²) in [5.74, 6) is 0.504. The Labute approximate surface area is 144 Å². The Morgan fingerprint density at radius 1 is 1.20 bits per heavy atom. The molecular weight excluding hydrogens is 316 g/mol. The molecule has 6 nitrogen and oxygen atoms in total. The molecule has 0 atom stereocenters. The Morgan fingerprint density at radius 2 is 2.04 bits per heavy atom. The maximum absolute atomic E-state index is 12.3. The van der Waals surface area contributed by atoms with E-state index in [4.69, 9.17) is 0 Å². The Balaban J connectivity index is 1.57. The summed E-state index contributed by atoms with van der Waals surface area (Å²) >= 11 is 0. The minimum atomic E-state index is -0.123. The van der Waals surface area contributed by atoms with Crippen molar-refractivity contribution in [3.63, 3.8) is 0 Å². The van der Waals surface area contributed by atoms with Gasteiger partial charge in [-0.15, -0.1) is 0 Å².